The van der Waals surface area contributed by atoms with Gasteiger partial charge < -0.3 is 14.2 Å². The van der Waals surface area contributed by atoms with Gasteiger partial charge in [-0.3, -0.25) is 9.59 Å². The van der Waals surface area contributed by atoms with E-state index in [9.17, 15) is 9.59 Å². The van der Waals surface area contributed by atoms with Gasteiger partial charge in [0.05, 0.1) is 17.5 Å². The number of carbonyl (C=O) groups excluding carboxylic acids is 2. The first-order valence-corrected chi connectivity index (χ1v) is 10.6. The fraction of sp³-hybridized carbons (Fsp3) is 0.333. The van der Waals surface area contributed by atoms with E-state index in [1.165, 1.54) is 17.4 Å². The molecular weight excluding hydrogens is 392 g/mol. The second-order valence-corrected chi connectivity index (χ2v) is 8.17. The van der Waals surface area contributed by atoms with E-state index in [1.807, 2.05) is 12.1 Å². The molecule has 158 valence electrons. The highest BCUT2D eigenvalue weighted by atomic mass is 16.3. The number of carbonyl (C=O) groups is 2. The van der Waals surface area contributed by atoms with Gasteiger partial charge in [0.25, 0.3) is 5.91 Å². The predicted octanol–water partition coefficient (Wildman–Crippen LogP) is 3.25. The number of amides is 1. The van der Waals surface area contributed by atoms with Crippen LogP contribution in [0.25, 0.3) is 0 Å². The first-order valence-electron chi connectivity index (χ1n) is 10.6. The van der Waals surface area contributed by atoms with Crippen molar-refractivity contribution in [1.29, 1.82) is 0 Å². The zero-order valence-electron chi connectivity index (χ0n) is 17.5. The van der Waals surface area contributed by atoms with Crippen LogP contribution in [0, 0.1) is 6.92 Å². The Morgan fingerprint density at radius 2 is 1.87 bits per heavy atom. The van der Waals surface area contributed by atoms with Crippen LogP contribution in [0.3, 0.4) is 0 Å². The number of nitrogens with zero attached hydrogens (tertiary/aromatic N) is 4. The van der Waals surface area contributed by atoms with Crippen molar-refractivity contribution >= 4 is 17.6 Å². The fourth-order valence-electron chi connectivity index (χ4n) is 4.52. The number of hydrogen-bond acceptors (Lipinski definition) is 6. The highest BCUT2D eigenvalue weighted by Gasteiger charge is 2.30. The summed E-state index contributed by atoms with van der Waals surface area (Å²) in [6, 6.07) is 11.6. The Hall–Kier alpha value is -3.48. The van der Waals surface area contributed by atoms with Crippen LogP contribution in [0.1, 0.15) is 50.1 Å². The Kier molecular flexibility index (Phi) is 5.02. The third kappa shape index (κ3) is 3.71. The number of hydrogen-bond donors (Lipinski definition) is 0. The summed E-state index contributed by atoms with van der Waals surface area (Å²) in [4.78, 5) is 38.3. The molecule has 3 heterocycles. The van der Waals surface area contributed by atoms with Crippen molar-refractivity contribution in [2.75, 3.05) is 31.1 Å². The van der Waals surface area contributed by atoms with E-state index < -0.39 is 0 Å². The van der Waals surface area contributed by atoms with Gasteiger partial charge in [0.15, 0.2) is 11.5 Å². The molecule has 1 fully saturated rings. The summed E-state index contributed by atoms with van der Waals surface area (Å²) in [6.07, 6.45) is 4.41. The lowest BCUT2D eigenvalue weighted by Gasteiger charge is -2.34. The van der Waals surface area contributed by atoms with Gasteiger partial charge in [-0.15, -0.1) is 0 Å². The molecule has 1 aliphatic heterocycles. The summed E-state index contributed by atoms with van der Waals surface area (Å²) in [6.45, 7) is 4.51. The highest BCUT2D eigenvalue weighted by Crippen LogP contribution is 2.33. The number of furan rings is 1. The average molecular weight is 416 g/mol. The number of aromatic nitrogens is 2. The zero-order chi connectivity index (χ0) is 21.4. The molecule has 1 saturated heterocycles. The fourth-order valence-corrected chi connectivity index (χ4v) is 4.52. The van der Waals surface area contributed by atoms with Crippen molar-refractivity contribution in [3.63, 3.8) is 0 Å². The number of rotatable bonds is 3. The van der Waals surface area contributed by atoms with Gasteiger partial charge in [-0.05, 0) is 42.5 Å². The lowest BCUT2D eigenvalue weighted by molar-refractivity contribution is 0.0714. The largest absolute Gasteiger partial charge is 0.459 e. The maximum absolute atomic E-state index is 12.8. The Labute approximate surface area is 180 Å². The van der Waals surface area contributed by atoms with Crippen molar-refractivity contribution in [3.8, 4) is 0 Å². The number of benzene rings is 1. The quantitative estimate of drug-likeness (QED) is 0.652. The van der Waals surface area contributed by atoms with Crippen LogP contribution >= 0.6 is 0 Å². The molecule has 2 aliphatic rings. The van der Waals surface area contributed by atoms with Crippen molar-refractivity contribution in [1.82, 2.24) is 14.9 Å². The topological polar surface area (TPSA) is 79.5 Å². The molecule has 7 nitrogen and oxygen atoms in total. The lowest BCUT2D eigenvalue weighted by atomic mass is 9.81. The lowest BCUT2D eigenvalue weighted by Crippen LogP contribution is -2.49. The van der Waals surface area contributed by atoms with Gasteiger partial charge in [-0.25, -0.2) is 9.97 Å². The predicted molar refractivity (Wildman–Crippen MR) is 115 cm³/mol. The van der Waals surface area contributed by atoms with Crippen molar-refractivity contribution < 1.29 is 14.0 Å². The van der Waals surface area contributed by atoms with Crippen molar-refractivity contribution in [2.24, 2.45) is 0 Å². The number of Topliss-reactive ketones (excluding diaryl/α,β-unsaturated/α-hetero) is 1. The van der Waals surface area contributed by atoms with Gasteiger partial charge in [-0.2, -0.15) is 0 Å². The summed E-state index contributed by atoms with van der Waals surface area (Å²) < 4.78 is 5.23. The molecule has 7 heteroatoms. The molecule has 5 rings (SSSR count). The summed E-state index contributed by atoms with van der Waals surface area (Å²) in [5.41, 5.74) is 3.88. The Morgan fingerprint density at radius 1 is 1.06 bits per heavy atom. The van der Waals surface area contributed by atoms with Crippen molar-refractivity contribution in [2.45, 2.75) is 25.7 Å². The molecule has 1 aromatic carbocycles. The second kappa shape index (κ2) is 7.98. The van der Waals surface area contributed by atoms with E-state index in [2.05, 4.69) is 28.9 Å². The van der Waals surface area contributed by atoms with Gasteiger partial charge in [-0.1, -0.05) is 24.3 Å². The van der Waals surface area contributed by atoms with Gasteiger partial charge in [0.2, 0.25) is 5.95 Å². The van der Waals surface area contributed by atoms with Crippen LogP contribution in [0.15, 0.2) is 53.3 Å². The molecular formula is C24H24N4O3. The van der Waals surface area contributed by atoms with Crippen LogP contribution in [0.2, 0.25) is 0 Å². The van der Waals surface area contributed by atoms with E-state index in [4.69, 9.17) is 9.40 Å². The minimum atomic E-state index is -0.0947. The van der Waals surface area contributed by atoms with Gasteiger partial charge >= 0.3 is 0 Å². The van der Waals surface area contributed by atoms with Crippen molar-refractivity contribution in [3.05, 3.63) is 77.0 Å². The molecule has 1 atom stereocenters. The Bertz CT molecular complexity index is 1120. The Morgan fingerprint density at radius 3 is 2.61 bits per heavy atom. The maximum Gasteiger partial charge on any atom is 0.289 e. The number of fused-ring (bicyclic) bond motifs is 1. The number of aryl methyl sites for hydroxylation is 1. The molecule has 3 aromatic rings. The van der Waals surface area contributed by atoms with Gasteiger partial charge in [0.1, 0.15) is 0 Å². The minimum Gasteiger partial charge on any atom is -0.459 e. The van der Waals surface area contributed by atoms with Crippen LogP contribution in [0.4, 0.5) is 5.95 Å². The van der Waals surface area contributed by atoms with Crippen LogP contribution in [-0.4, -0.2) is 52.7 Å². The Balaban J connectivity index is 1.32. The second-order valence-electron chi connectivity index (χ2n) is 8.17. The normalized spacial score (nSPS) is 18.7. The minimum absolute atomic E-state index is 0.0947. The first-order chi connectivity index (χ1) is 15.1. The third-order valence-electron chi connectivity index (χ3n) is 6.24. The monoisotopic (exact) mass is 416 g/mol. The number of anilines is 1. The van der Waals surface area contributed by atoms with Gasteiger partial charge in [0, 0.05) is 38.8 Å². The highest BCUT2D eigenvalue weighted by molar-refractivity contribution is 5.98. The van der Waals surface area contributed by atoms with Crippen LogP contribution in [-0.2, 0) is 6.42 Å². The summed E-state index contributed by atoms with van der Waals surface area (Å²) >= 11 is 0. The summed E-state index contributed by atoms with van der Waals surface area (Å²) in [7, 11) is 0. The molecule has 2 aromatic heterocycles. The van der Waals surface area contributed by atoms with Crippen LogP contribution in [0.5, 0.6) is 0 Å². The number of ketones is 1. The molecule has 31 heavy (non-hydrogen) atoms. The molecule has 0 N–H and O–H groups in total. The average Bonchev–Trinajstić information content (AvgIpc) is 3.33. The standard InChI is InChI=1S/C24H24N4O3/c1-16-5-2-3-6-18(16)17-13-20-19(21(29)14-17)15-25-24(26-20)28-10-8-27(9-11-28)23(30)22-7-4-12-31-22/h2-7,12,15,17H,8-11,13-14H2,1H3/t17-/m0/s1. The molecule has 0 saturated carbocycles. The maximum atomic E-state index is 12.8. The smallest absolute Gasteiger partial charge is 0.289 e. The van der Waals surface area contributed by atoms with E-state index in [1.54, 1.807) is 23.2 Å². The molecule has 1 amide bonds. The number of piperazine rings is 1. The van der Waals surface area contributed by atoms with E-state index in [-0.39, 0.29) is 17.6 Å². The molecule has 0 radical (unpaired) electrons. The van der Waals surface area contributed by atoms with E-state index in [0.717, 1.165) is 12.1 Å². The first kappa shape index (κ1) is 19.5. The molecule has 0 bridgehead atoms. The van der Waals surface area contributed by atoms with E-state index >= 15 is 0 Å². The summed E-state index contributed by atoms with van der Waals surface area (Å²) in [5, 5.41) is 0. The zero-order valence-corrected chi connectivity index (χ0v) is 17.5. The van der Waals surface area contributed by atoms with E-state index in [0.29, 0.717) is 49.9 Å². The van der Waals surface area contributed by atoms with Crippen LogP contribution < -0.4 is 4.90 Å². The molecule has 0 unspecified atom stereocenters. The molecule has 0 spiro atoms. The summed E-state index contributed by atoms with van der Waals surface area (Å²) in [5.74, 6) is 1.14. The SMILES string of the molecule is Cc1ccccc1[C@@H]1CC(=O)c2cnc(N3CCN(C(=O)c4ccco4)CC3)nc2C1. The third-order valence-corrected chi connectivity index (χ3v) is 6.24. The molecule has 1 aliphatic carbocycles.